The summed E-state index contributed by atoms with van der Waals surface area (Å²) >= 11 is 0.733. The second-order valence-electron chi connectivity index (χ2n) is 7.71. The summed E-state index contributed by atoms with van der Waals surface area (Å²) in [4.78, 5) is 60.7. The average Bonchev–Trinajstić information content (AvgIpc) is 3.38. The molecule has 0 bridgehead atoms. The normalized spacial score (nSPS) is 10.9. The maximum atomic E-state index is 13.2. The van der Waals surface area contributed by atoms with Gasteiger partial charge in [0.15, 0.2) is 5.69 Å². The maximum absolute atomic E-state index is 13.2. The van der Waals surface area contributed by atoms with Crippen molar-refractivity contribution in [3.63, 3.8) is 0 Å². The zero-order valence-corrected chi connectivity index (χ0v) is 21.0. The molecule has 4 N–H and O–H groups in total. The molecule has 0 saturated carbocycles. The van der Waals surface area contributed by atoms with Crippen molar-refractivity contribution in [2.45, 2.75) is 13.1 Å². The molecule has 0 unspecified atom stereocenters. The zero-order valence-electron chi connectivity index (χ0n) is 20.1. The van der Waals surface area contributed by atoms with Crippen molar-refractivity contribution >= 4 is 40.9 Å². The van der Waals surface area contributed by atoms with Crippen LogP contribution in [0, 0.1) is 0 Å². The fourth-order valence-corrected chi connectivity index (χ4v) is 3.79. The molecule has 0 spiro atoms. The van der Waals surface area contributed by atoms with Crippen molar-refractivity contribution in [2.75, 3.05) is 26.0 Å². The summed E-state index contributed by atoms with van der Waals surface area (Å²) in [6.45, 7) is 2.04. The monoisotopic (exact) mass is 550 g/mol. The number of pyridine rings is 2. The third kappa shape index (κ3) is 6.78. The minimum absolute atomic E-state index is 0.0157. The molecule has 3 aromatic heterocycles. The molecule has 0 atom stereocenters. The van der Waals surface area contributed by atoms with Crippen LogP contribution >= 0.6 is 11.3 Å². The number of alkyl halides is 3. The van der Waals surface area contributed by atoms with Gasteiger partial charge >= 0.3 is 24.0 Å². The number of hydrazine groups is 1. The van der Waals surface area contributed by atoms with Crippen molar-refractivity contribution in [1.29, 1.82) is 0 Å². The molecular formula is C22H21F3N8O4S. The molecule has 38 heavy (non-hydrogen) atoms. The van der Waals surface area contributed by atoms with Crippen LogP contribution in [0.25, 0.3) is 21.7 Å². The van der Waals surface area contributed by atoms with Gasteiger partial charge in [-0.1, -0.05) is 0 Å². The summed E-state index contributed by atoms with van der Waals surface area (Å²) in [5, 5.41) is 5.84. The van der Waals surface area contributed by atoms with Gasteiger partial charge in [0.1, 0.15) is 10.8 Å². The number of likely N-dealkylation sites (N-methyl/N-ethyl adjacent to an activating group) is 1. The Bertz CT molecular complexity index is 1380. The van der Waals surface area contributed by atoms with Crippen molar-refractivity contribution in [3.05, 3.63) is 47.4 Å². The molecule has 0 aromatic carbocycles. The number of nitrogens with zero attached hydrogens (tertiary/aromatic N) is 4. The number of nitrogens with one attached hydrogen (secondary N) is 4. The van der Waals surface area contributed by atoms with Crippen LogP contribution in [-0.4, -0.2) is 64.2 Å². The quantitative estimate of drug-likeness (QED) is 0.280. The molecule has 3 aromatic rings. The Balaban J connectivity index is 1.97. The Morgan fingerprint density at radius 3 is 2.39 bits per heavy atom. The van der Waals surface area contributed by atoms with Gasteiger partial charge in [-0.3, -0.25) is 35.5 Å². The second-order valence-corrected chi connectivity index (χ2v) is 8.56. The van der Waals surface area contributed by atoms with E-state index in [-0.39, 0.29) is 33.1 Å². The van der Waals surface area contributed by atoms with Crippen molar-refractivity contribution in [2.24, 2.45) is 0 Å². The van der Waals surface area contributed by atoms with E-state index >= 15 is 0 Å². The first kappa shape index (κ1) is 28.0. The third-order valence-electron chi connectivity index (χ3n) is 4.71. The van der Waals surface area contributed by atoms with Crippen molar-refractivity contribution < 1.29 is 32.3 Å². The van der Waals surface area contributed by atoms with Crippen LogP contribution in [0.4, 0.5) is 23.8 Å². The van der Waals surface area contributed by atoms with Crippen molar-refractivity contribution in [1.82, 2.24) is 36.0 Å². The highest BCUT2D eigenvalue weighted by molar-refractivity contribution is 7.13. The van der Waals surface area contributed by atoms with Crippen LogP contribution in [0.2, 0.25) is 0 Å². The van der Waals surface area contributed by atoms with Gasteiger partial charge in [0.05, 0.1) is 5.56 Å². The molecule has 0 aliphatic rings. The van der Waals surface area contributed by atoms with Crippen LogP contribution < -0.4 is 21.5 Å². The van der Waals surface area contributed by atoms with Gasteiger partial charge in [-0.25, -0.2) is 14.8 Å². The third-order valence-corrected chi connectivity index (χ3v) is 5.58. The Kier molecular flexibility index (Phi) is 8.57. The largest absolute Gasteiger partial charge is 0.434 e. The average molecular weight is 551 g/mol. The van der Waals surface area contributed by atoms with Gasteiger partial charge in [-0.2, -0.15) is 13.2 Å². The number of halogens is 3. The van der Waals surface area contributed by atoms with Gasteiger partial charge in [-0.15, -0.1) is 11.3 Å². The molecule has 16 heteroatoms. The lowest BCUT2D eigenvalue weighted by Gasteiger charge is -2.13. The first-order valence-corrected chi connectivity index (χ1v) is 11.6. The summed E-state index contributed by atoms with van der Waals surface area (Å²) in [6, 6.07) is 2.14. The molecular weight excluding hydrogens is 529 g/mol. The number of aromatic nitrogens is 3. The number of carbonyl (C=O) groups is 4. The Hall–Kier alpha value is -4.60. The molecule has 200 valence electrons. The van der Waals surface area contributed by atoms with Gasteiger partial charge in [0.25, 0.3) is 5.91 Å². The summed E-state index contributed by atoms with van der Waals surface area (Å²) in [5.74, 6) is -2.72. The Morgan fingerprint density at radius 1 is 1.03 bits per heavy atom. The number of hydrogen-bond acceptors (Lipinski definition) is 8. The number of urea groups is 1. The number of amides is 5. The highest BCUT2D eigenvalue weighted by Gasteiger charge is 2.34. The SMILES string of the molecule is CCNC(=O)Nc1cc(-c2nc(C(F)(F)F)cs2)c(-c2cncc(C(=O)NNC(=O)C(=O)N(C)C)c2)cn1. The van der Waals surface area contributed by atoms with E-state index < -0.39 is 35.6 Å². The predicted molar refractivity (Wildman–Crippen MR) is 131 cm³/mol. The molecule has 5 amide bonds. The summed E-state index contributed by atoms with van der Waals surface area (Å²) < 4.78 is 39.6. The Morgan fingerprint density at radius 2 is 1.76 bits per heavy atom. The second kappa shape index (κ2) is 11.6. The van der Waals surface area contributed by atoms with E-state index in [1.807, 2.05) is 5.43 Å². The van der Waals surface area contributed by atoms with Gasteiger partial charge in [0, 0.05) is 61.3 Å². The highest BCUT2D eigenvalue weighted by Crippen LogP contribution is 2.38. The first-order valence-electron chi connectivity index (χ1n) is 10.8. The molecule has 0 saturated heterocycles. The molecule has 3 rings (SSSR count). The lowest BCUT2D eigenvalue weighted by molar-refractivity contribution is -0.144. The van der Waals surface area contributed by atoms with E-state index in [2.05, 4.69) is 31.0 Å². The lowest BCUT2D eigenvalue weighted by atomic mass is 10.0. The molecule has 0 fully saturated rings. The Labute approximate surface area is 217 Å². The molecule has 3 heterocycles. The standard InChI is InChI=1S/C22H21F3N8O4S/c1-4-27-21(37)30-16-6-13(19-29-15(10-38-19)22(23,24)25)14(9-28-16)11-5-12(8-26-7-11)17(34)31-32-18(35)20(36)33(2)3/h5-10H,4H2,1-3H3,(H,31,34)(H,32,35)(H2,27,28,30,37). The van der Waals surface area contributed by atoms with E-state index in [0.29, 0.717) is 6.54 Å². The number of thiazole rings is 1. The fourth-order valence-electron chi connectivity index (χ4n) is 2.93. The summed E-state index contributed by atoms with van der Waals surface area (Å²) in [6.07, 6.45) is -0.841. The molecule has 12 nitrogen and oxygen atoms in total. The lowest BCUT2D eigenvalue weighted by Crippen LogP contribution is -2.48. The van der Waals surface area contributed by atoms with Crippen LogP contribution in [-0.2, 0) is 15.8 Å². The number of anilines is 1. The van der Waals surface area contributed by atoms with Crippen LogP contribution in [0.1, 0.15) is 23.0 Å². The minimum Gasteiger partial charge on any atom is -0.341 e. The van der Waals surface area contributed by atoms with E-state index in [1.54, 1.807) is 6.92 Å². The van der Waals surface area contributed by atoms with Crippen molar-refractivity contribution in [3.8, 4) is 21.7 Å². The van der Waals surface area contributed by atoms with Crippen LogP contribution in [0.3, 0.4) is 0 Å². The van der Waals surface area contributed by atoms with E-state index in [9.17, 15) is 32.3 Å². The molecule has 0 aliphatic heterocycles. The minimum atomic E-state index is -4.66. The van der Waals surface area contributed by atoms with Crippen LogP contribution in [0.5, 0.6) is 0 Å². The van der Waals surface area contributed by atoms with Gasteiger partial charge < -0.3 is 10.2 Å². The summed E-state index contributed by atoms with van der Waals surface area (Å²) in [5.41, 5.74) is 3.68. The maximum Gasteiger partial charge on any atom is 0.434 e. The molecule has 0 radical (unpaired) electrons. The first-order chi connectivity index (χ1) is 17.9. The predicted octanol–water partition coefficient (Wildman–Crippen LogP) is 2.28. The van der Waals surface area contributed by atoms with Gasteiger partial charge in [-0.05, 0) is 19.1 Å². The smallest absolute Gasteiger partial charge is 0.341 e. The highest BCUT2D eigenvalue weighted by atomic mass is 32.1. The van der Waals surface area contributed by atoms with Crippen LogP contribution in [0.15, 0.2) is 36.1 Å². The fraction of sp³-hybridized carbons (Fsp3) is 0.227. The van der Waals surface area contributed by atoms with Gasteiger partial charge in [0.2, 0.25) is 0 Å². The van der Waals surface area contributed by atoms with E-state index in [0.717, 1.165) is 21.6 Å². The number of rotatable bonds is 5. The van der Waals surface area contributed by atoms with E-state index in [4.69, 9.17) is 0 Å². The summed E-state index contributed by atoms with van der Waals surface area (Å²) in [7, 11) is 2.72. The topological polar surface area (TPSA) is 158 Å². The number of hydrogen-bond donors (Lipinski definition) is 4. The van der Waals surface area contributed by atoms with E-state index in [1.165, 1.54) is 44.8 Å². The molecule has 0 aliphatic carbocycles. The number of carbonyl (C=O) groups excluding carboxylic acids is 4. The zero-order chi connectivity index (χ0) is 28.0.